The van der Waals surface area contributed by atoms with Crippen molar-refractivity contribution in [1.82, 2.24) is 4.57 Å². The number of rotatable bonds is 21. The van der Waals surface area contributed by atoms with Gasteiger partial charge in [-0.3, -0.25) is 0 Å². The predicted molar refractivity (Wildman–Crippen MR) is 168 cm³/mol. The van der Waals surface area contributed by atoms with Gasteiger partial charge in [0.2, 0.25) is 0 Å². The lowest BCUT2D eigenvalue weighted by molar-refractivity contribution is -0.704. The van der Waals surface area contributed by atoms with Crippen LogP contribution in [0.3, 0.4) is 0 Å². The van der Waals surface area contributed by atoms with Crippen LogP contribution in [-0.4, -0.2) is 4.57 Å². The summed E-state index contributed by atoms with van der Waals surface area (Å²) in [7, 11) is 0. The highest BCUT2D eigenvalue weighted by molar-refractivity contribution is 5.22. The van der Waals surface area contributed by atoms with Crippen LogP contribution in [0.4, 0.5) is 0 Å². The lowest BCUT2D eigenvalue weighted by Crippen LogP contribution is -2.37. The molecule has 3 aromatic rings. The third-order valence-electron chi connectivity index (χ3n) is 8.37. The SMILES string of the molecule is CCCCCCCCCC[n+]1cc(CC(C)c2ccccc2)n(CCCCCCCC)c1Cc1ccccc1. The van der Waals surface area contributed by atoms with Crippen LogP contribution in [0.2, 0.25) is 0 Å². The summed E-state index contributed by atoms with van der Waals surface area (Å²) in [6.07, 6.45) is 23.7. The summed E-state index contributed by atoms with van der Waals surface area (Å²) in [4.78, 5) is 0. The van der Waals surface area contributed by atoms with E-state index < -0.39 is 0 Å². The van der Waals surface area contributed by atoms with Gasteiger partial charge in [0.1, 0.15) is 11.9 Å². The van der Waals surface area contributed by atoms with Crippen molar-refractivity contribution in [2.75, 3.05) is 0 Å². The minimum atomic E-state index is 0.519. The molecule has 2 heteroatoms. The van der Waals surface area contributed by atoms with Gasteiger partial charge in [-0.2, -0.15) is 0 Å². The Hall–Kier alpha value is -2.35. The molecule has 0 aliphatic carbocycles. The Morgan fingerprint density at radius 3 is 1.79 bits per heavy atom. The van der Waals surface area contributed by atoms with Crippen LogP contribution in [0.5, 0.6) is 0 Å². The largest absolute Gasteiger partial charge is 0.261 e. The molecule has 0 spiro atoms. The molecule has 0 amide bonds. The highest BCUT2D eigenvalue weighted by Gasteiger charge is 2.25. The van der Waals surface area contributed by atoms with Gasteiger partial charge in [0.15, 0.2) is 0 Å². The fourth-order valence-electron chi connectivity index (χ4n) is 5.93. The van der Waals surface area contributed by atoms with E-state index in [1.807, 2.05) is 0 Å². The van der Waals surface area contributed by atoms with E-state index in [-0.39, 0.29) is 0 Å². The molecule has 0 saturated heterocycles. The Morgan fingerprint density at radius 1 is 0.641 bits per heavy atom. The summed E-state index contributed by atoms with van der Waals surface area (Å²) in [5.74, 6) is 2.03. The second kappa shape index (κ2) is 18.9. The average Bonchev–Trinajstić information content (AvgIpc) is 3.28. The van der Waals surface area contributed by atoms with Crippen LogP contribution in [0, 0.1) is 0 Å². The highest BCUT2D eigenvalue weighted by atomic mass is 15.2. The molecule has 0 bridgehead atoms. The molecular weight excluding hydrogens is 472 g/mol. The van der Waals surface area contributed by atoms with Crippen LogP contribution >= 0.6 is 0 Å². The first-order chi connectivity index (χ1) is 19.2. The van der Waals surface area contributed by atoms with Gasteiger partial charge in [0, 0.05) is 6.42 Å². The standard InChI is InChI=1S/C37H57N2/c1-4-6-8-10-12-13-14-22-28-38-32-36(30-33(3)35-26-20-17-21-27-35)39(29-23-15-11-9-7-5-2)37(38)31-34-24-18-16-19-25-34/h16-21,24-27,32-33H,4-15,22-23,28-31H2,1-3H3/q+1. The molecule has 0 N–H and O–H groups in total. The summed E-state index contributed by atoms with van der Waals surface area (Å²) in [5.41, 5.74) is 4.39. The molecule has 1 atom stereocenters. The van der Waals surface area contributed by atoms with Crippen LogP contribution in [0.1, 0.15) is 139 Å². The van der Waals surface area contributed by atoms with Gasteiger partial charge in [-0.1, -0.05) is 146 Å². The fraction of sp³-hybridized carbons (Fsp3) is 0.595. The van der Waals surface area contributed by atoms with E-state index in [2.05, 4.69) is 96.8 Å². The molecular formula is C37H57N2+. The van der Waals surface area contributed by atoms with E-state index >= 15 is 0 Å². The Labute approximate surface area is 240 Å². The molecule has 39 heavy (non-hydrogen) atoms. The minimum absolute atomic E-state index is 0.519. The van der Waals surface area contributed by atoms with Crippen LogP contribution in [-0.2, 0) is 25.9 Å². The number of nitrogens with zero attached hydrogens (tertiary/aromatic N) is 2. The number of benzene rings is 2. The smallest absolute Gasteiger partial charge is 0.234 e. The number of hydrogen-bond acceptors (Lipinski definition) is 0. The zero-order chi connectivity index (χ0) is 27.5. The molecule has 0 radical (unpaired) electrons. The maximum absolute atomic E-state index is 2.72. The van der Waals surface area contributed by atoms with Crippen molar-refractivity contribution in [3.63, 3.8) is 0 Å². The third-order valence-corrected chi connectivity index (χ3v) is 8.37. The van der Waals surface area contributed by atoms with Gasteiger partial charge in [-0.25, -0.2) is 9.13 Å². The Morgan fingerprint density at radius 2 is 1.18 bits per heavy atom. The molecule has 1 unspecified atom stereocenters. The van der Waals surface area contributed by atoms with E-state index in [1.54, 1.807) is 0 Å². The lowest BCUT2D eigenvalue weighted by Gasteiger charge is -2.12. The topological polar surface area (TPSA) is 8.81 Å². The van der Waals surface area contributed by atoms with E-state index in [0.29, 0.717) is 5.92 Å². The van der Waals surface area contributed by atoms with Gasteiger partial charge < -0.3 is 0 Å². The normalized spacial score (nSPS) is 12.2. The predicted octanol–water partition coefficient (Wildman–Crippen LogP) is 10.2. The summed E-state index contributed by atoms with van der Waals surface area (Å²) >= 11 is 0. The van der Waals surface area contributed by atoms with Gasteiger partial charge in [0.25, 0.3) is 5.82 Å². The molecule has 3 rings (SSSR count). The van der Waals surface area contributed by atoms with Crippen molar-refractivity contribution in [3.8, 4) is 0 Å². The second-order valence-electron chi connectivity index (χ2n) is 11.8. The monoisotopic (exact) mass is 529 g/mol. The summed E-state index contributed by atoms with van der Waals surface area (Å²) in [6.45, 7) is 9.30. The third kappa shape index (κ3) is 11.3. The fourth-order valence-corrected chi connectivity index (χ4v) is 5.93. The van der Waals surface area contributed by atoms with Gasteiger partial charge in [-0.05, 0) is 42.7 Å². The molecule has 0 saturated carbocycles. The first kappa shape index (κ1) is 31.2. The van der Waals surface area contributed by atoms with Crippen LogP contribution in [0.25, 0.3) is 0 Å². The van der Waals surface area contributed by atoms with Gasteiger partial charge >= 0.3 is 0 Å². The van der Waals surface area contributed by atoms with Crippen molar-refractivity contribution in [3.05, 3.63) is 89.5 Å². The molecule has 0 aliphatic rings. The quantitative estimate of drug-likeness (QED) is 0.0958. The minimum Gasteiger partial charge on any atom is -0.234 e. The van der Waals surface area contributed by atoms with Gasteiger partial charge in [0.05, 0.1) is 19.5 Å². The number of unbranched alkanes of at least 4 members (excludes halogenated alkanes) is 12. The van der Waals surface area contributed by atoms with E-state index in [0.717, 1.165) is 25.9 Å². The number of imidazole rings is 1. The lowest BCUT2D eigenvalue weighted by atomic mass is 9.96. The maximum Gasteiger partial charge on any atom is 0.261 e. The van der Waals surface area contributed by atoms with Crippen molar-refractivity contribution in [1.29, 1.82) is 0 Å². The summed E-state index contributed by atoms with van der Waals surface area (Å²) < 4.78 is 5.35. The van der Waals surface area contributed by atoms with Crippen LogP contribution < -0.4 is 4.57 Å². The van der Waals surface area contributed by atoms with E-state index in [1.165, 1.54) is 113 Å². The molecule has 1 heterocycles. The molecule has 0 aliphatic heterocycles. The summed E-state index contributed by atoms with van der Waals surface area (Å²) in [5, 5.41) is 0. The highest BCUT2D eigenvalue weighted by Crippen LogP contribution is 2.22. The zero-order valence-electron chi connectivity index (χ0n) is 25.6. The van der Waals surface area contributed by atoms with Crippen molar-refractivity contribution in [2.24, 2.45) is 0 Å². The average molecular weight is 530 g/mol. The van der Waals surface area contributed by atoms with Gasteiger partial charge in [-0.15, -0.1) is 0 Å². The van der Waals surface area contributed by atoms with Crippen molar-refractivity contribution >= 4 is 0 Å². The van der Waals surface area contributed by atoms with E-state index in [9.17, 15) is 0 Å². The summed E-state index contributed by atoms with van der Waals surface area (Å²) in [6, 6.07) is 22.2. The molecule has 0 fully saturated rings. The van der Waals surface area contributed by atoms with Crippen molar-refractivity contribution < 1.29 is 4.57 Å². The first-order valence-corrected chi connectivity index (χ1v) is 16.4. The Balaban J connectivity index is 1.76. The first-order valence-electron chi connectivity index (χ1n) is 16.4. The number of aryl methyl sites for hydroxylation is 1. The second-order valence-corrected chi connectivity index (χ2v) is 11.8. The Kier molecular flexibility index (Phi) is 15.1. The van der Waals surface area contributed by atoms with Crippen molar-refractivity contribution in [2.45, 2.75) is 143 Å². The molecule has 2 aromatic carbocycles. The number of hydrogen-bond donors (Lipinski definition) is 0. The van der Waals surface area contributed by atoms with E-state index in [4.69, 9.17) is 0 Å². The van der Waals surface area contributed by atoms with Crippen LogP contribution in [0.15, 0.2) is 66.9 Å². The molecule has 1 aromatic heterocycles. The maximum atomic E-state index is 2.72. The zero-order valence-corrected chi connectivity index (χ0v) is 25.6. The molecule has 214 valence electrons. The molecule has 2 nitrogen and oxygen atoms in total. The number of aromatic nitrogens is 2. The Bertz CT molecular complexity index is 1000.